The third kappa shape index (κ3) is 6.23. The number of benzene rings is 1. The topological polar surface area (TPSA) is 102 Å². The number of urea groups is 1. The van der Waals surface area contributed by atoms with Crippen molar-refractivity contribution in [2.24, 2.45) is 0 Å². The summed E-state index contributed by atoms with van der Waals surface area (Å²) in [6.07, 6.45) is 1.64. The number of hydrogen-bond donors (Lipinski definition) is 2. The zero-order chi connectivity index (χ0) is 22.3. The number of rotatable bonds is 8. The van der Waals surface area contributed by atoms with Crippen LogP contribution in [0.25, 0.3) is 16.0 Å². The maximum absolute atomic E-state index is 14.3. The molecule has 1 aromatic carbocycles. The van der Waals surface area contributed by atoms with Crippen LogP contribution in [-0.4, -0.2) is 38.9 Å². The van der Waals surface area contributed by atoms with Crippen LogP contribution in [0.3, 0.4) is 0 Å². The summed E-state index contributed by atoms with van der Waals surface area (Å²) in [6, 6.07) is 4.60. The number of halogens is 1. The standard InChI is InChI=1S/C20H23FN4O4S/c1-13(2)16-11-15(21)12-17(14-6-7-23-18(10-14)22-3)19(16)24-20(26)25-30(27,28)9-5-8-29-4/h6-7,10-13H,5,8-9H2,1-2,4H3,(H2,24,25,26). The molecule has 0 spiro atoms. The normalized spacial score (nSPS) is 11.2. The molecule has 0 aliphatic carbocycles. The Morgan fingerprint density at radius 3 is 2.70 bits per heavy atom. The van der Waals surface area contributed by atoms with E-state index in [-0.39, 0.29) is 36.2 Å². The van der Waals surface area contributed by atoms with E-state index < -0.39 is 21.9 Å². The highest BCUT2D eigenvalue weighted by molar-refractivity contribution is 7.90. The fourth-order valence-electron chi connectivity index (χ4n) is 2.82. The third-order valence-electron chi connectivity index (χ3n) is 4.17. The maximum atomic E-state index is 14.3. The minimum absolute atomic E-state index is 0.110. The highest BCUT2D eigenvalue weighted by Gasteiger charge is 2.20. The number of sulfonamides is 1. The molecule has 10 heteroatoms. The Hall–Kier alpha value is -3.03. The van der Waals surface area contributed by atoms with Crippen molar-refractivity contribution in [2.45, 2.75) is 26.2 Å². The van der Waals surface area contributed by atoms with E-state index in [1.54, 1.807) is 6.07 Å². The smallest absolute Gasteiger partial charge is 0.332 e. The molecule has 2 amide bonds. The van der Waals surface area contributed by atoms with Crippen LogP contribution in [0.2, 0.25) is 0 Å². The number of anilines is 1. The Bertz CT molecular complexity index is 1060. The summed E-state index contributed by atoms with van der Waals surface area (Å²) < 4.78 is 45.3. The zero-order valence-electron chi connectivity index (χ0n) is 16.9. The Morgan fingerprint density at radius 1 is 1.33 bits per heavy atom. The van der Waals surface area contributed by atoms with Crippen LogP contribution in [0.4, 0.5) is 20.7 Å². The van der Waals surface area contributed by atoms with Crippen molar-refractivity contribution in [1.82, 2.24) is 9.71 Å². The summed E-state index contributed by atoms with van der Waals surface area (Å²) in [5.41, 5.74) is 1.53. The summed E-state index contributed by atoms with van der Waals surface area (Å²) in [5.74, 6) is -0.859. The minimum Gasteiger partial charge on any atom is -0.385 e. The SMILES string of the molecule is [C-]#[N+]c1cc(-c2cc(F)cc(C(C)C)c2NC(=O)NS(=O)(=O)CCCOC)ccn1. The van der Waals surface area contributed by atoms with E-state index in [0.29, 0.717) is 16.7 Å². The van der Waals surface area contributed by atoms with Gasteiger partial charge in [-0.3, -0.25) is 0 Å². The summed E-state index contributed by atoms with van der Waals surface area (Å²) in [5, 5.41) is 2.55. The monoisotopic (exact) mass is 434 g/mol. The number of methoxy groups -OCH3 is 1. The molecule has 0 fully saturated rings. The number of nitrogens with zero attached hydrogens (tertiary/aromatic N) is 2. The molecular weight excluding hydrogens is 411 g/mol. The van der Waals surface area contributed by atoms with Crippen molar-refractivity contribution < 1.29 is 22.3 Å². The summed E-state index contributed by atoms with van der Waals surface area (Å²) in [7, 11) is -2.42. The molecule has 0 radical (unpaired) electrons. The molecule has 1 heterocycles. The van der Waals surface area contributed by atoms with E-state index in [1.165, 1.54) is 31.5 Å². The molecule has 1 aromatic heterocycles. The van der Waals surface area contributed by atoms with Crippen LogP contribution in [0.1, 0.15) is 31.7 Å². The van der Waals surface area contributed by atoms with Crippen molar-refractivity contribution in [3.8, 4) is 11.1 Å². The second kappa shape index (κ2) is 10.1. The number of pyridine rings is 1. The molecule has 0 saturated carbocycles. The lowest BCUT2D eigenvalue weighted by atomic mass is 9.94. The summed E-state index contributed by atoms with van der Waals surface area (Å²) >= 11 is 0. The lowest BCUT2D eigenvalue weighted by Gasteiger charge is -2.19. The predicted octanol–water partition coefficient (Wildman–Crippen LogP) is 4.05. The molecule has 30 heavy (non-hydrogen) atoms. The van der Waals surface area contributed by atoms with Gasteiger partial charge in [0.25, 0.3) is 5.82 Å². The largest absolute Gasteiger partial charge is 0.385 e. The average molecular weight is 434 g/mol. The molecule has 0 bridgehead atoms. The highest BCUT2D eigenvalue weighted by atomic mass is 32.2. The molecule has 0 unspecified atom stereocenters. The van der Waals surface area contributed by atoms with Gasteiger partial charge in [-0.15, -0.1) is 4.98 Å². The van der Waals surface area contributed by atoms with Crippen LogP contribution in [0.15, 0.2) is 30.5 Å². The van der Waals surface area contributed by atoms with Crippen LogP contribution in [-0.2, 0) is 14.8 Å². The molecule has 0 aliphatic rings. The molecule has 2 rings (SSSR count). The highest BCUT2D eigenvalue weighted by Crippen LogP contribution is 2.36. The van der Waals surface area contributed by atoms with E-state index >= 15 is 0 Å². The Morgan fingerprint density at radius 2 is 2.07 bits per heavy atom. The van der Waals surface area contributed by atoms with Gasteiger partial charge in [0.1, 0.15) is 12.0 Å². The maximum Gasteiger partial charge on any atom is 0.332 e. The van der Waals surface area contributed by atoms with Gasteiger partial charge >= 0.3 is 6.03 Å². The van der Waals surface area contributed by atoms with Crippen molar-refractivity contribution in [2.75, 3.05) is 24.8 Å². The number of carbonyl (C=O) groups excluding carboxylic acids is 1. The van der Waals surface area contributed by atoms with Gasteiger partial charge in [0.2, 0.25) is 10.0 Å². The second-order valence-electron chi connectivity index (χ2n) is 6.81. The van der Waals surface area contributed by atoms with Gasteiger partial charge in [0, 0.05) is 19.3 Å². The first-order valence-corrected chi connectivity index (χ1v) is 10.8. The van der Waals surface area contributed by atoms with Crippen LogP contribution < -0.4 is 10.0 Å². The molecule has 0 saturated heterocycles. The van der Waals surface area contributed by atoms with Gasteiger partial charge < -0.3 is 14.9 Å². The summed E-state index contributed by atoms with van der Waals surface area (Å²) in [6.45, 7) is 11.0. The molecule has 2 aromatic rings. The molecular formula is C20H23FN4O4S. The minimum atomic E-state index is -3.87. The van der Waals surface area contributed by atoms with E-state index in [1.807, 2.05) is 18.6 Å². The Labute approximate surface area is 175 Å². The van der Waals surface area contributed by atoms with E-state index in [2.05, 4.69) is 15.1 Å². The second-order valence-corrected chi connectivity index (χ2v) is 8.65. The van der Waals surface area contributed by atoms with Gasteiger partial charge in [0.15, 0.2) is 0 Å². The lowest BCUT2D eigenvalue weighted by Crippen LogP contribution is -2.36. The average Bonchev–Trinajstić information content (AvgIpc) is 2.68. The Balaban J connectivity index is 2.42. The molecule has 2 N–H and O–H groups in total. The zero-order valence-corrected chi connectivity index (χ0v) is 17.7. The van der Waals surface area contributed by atoms with Crippen LogP contribution in [0.5, 0.6) is 0 Å². The first kappa shape index (κ1) is 23.3. The van der Waals surface area contributed by atoms with Crippen molar-refractivity contribution in [3.05, 3.63) is 53.3 Å². The van der Waals surface area contributed by atoms with Crippen molar-refractivity contribution >= 4 is 27.6 Å². The lowest BCUT2D eigenvalue weighted by molar-refractivity contribution is 0.199. The number of amides is 2. The van der Waals surface area contributed by atoms with Gasteiger partial charge in [-0.25, -0.2) is 22.3 Å². The first-order valence-electron chi connectivity index (χ1n) is 9.14. The number of aromatic nitrogens is 1. The van der Waals surface area contributed by atoms with Crippen molar-refractivity contribution in [3.63, 3.8) is 0 Å². The number of hydrogen-bond acceptors (Lipinski definition) is 5. The quantitative estimate of drug-likeness (QED) is 0.482. The Kier molecular flexibility index (Phi) is 7.86. The van der Waals surface area contributed by atoms with E-state index in [0.717, 1.165) is 0 Å². The van der Waals surface area contributed by atoms with Gasteiger partial charge in [-0.2, -0.15) is 0 Å². The predicted molar refractivity (Wildman–Crippen MR) is 112 cm³/mol. The van der Waals surface area contributed by atoms with E-state index in [4.69, 9.17) is 11.3 Å². The number of ether oxygens (including phenoxy) is 1. The number of nitrogens with one attached hydrogen (secondary N) is 2. The number of carbonyl (C=O) groups is 1. The van der Waals surface area contributed by atoms with Gasteiger partial charge in [-0.05, 0) is 47.7 Å². The molecule has 8 nitrogen and oxygen atoms in total. The van der Waals surface area contributed by atoms with Gasteiger partial charge in [0.05, 0.1) is 11.4 Å². The first-order chi connectivity index (χ1) is 14.2. The molecule has 0 aliphatic heterocycles. The summed E-state index contributed by atoms with van der Waals surface area (Å²) in [4.78, 5) is 19.6. The fourth-order valence-corrected chi connectivity index (χ4v) is 3.76. The fraction of sp³-hybridized carbons (Fsp3) is 0.350. The van der Waals surface area contributed by atoms with E-state index in [9.17, 15) is 17.6 Å². The van der Waals surface area contributed by atoms with Crippen LogP contribution >= 0.6 is 0 Å². The molecule has 0 atom stereocenters. The molecule has 160 valence electrons. The third-order valence-corrected chi connectivity index (χ3v) is 5.50. The van der Waals surface area contributed by atoms with Crippen LogP contribution in [0, 0.1) is 12.4 Å². The van der Waals surface area contributed by atoms with Gasteiger partial charge in [-0.1, -0.05) is 20.4 Å². The van der Waals surface area contributed by atoms with Crippen molar-refractivity contribution in [1.29, 1.82) is 0 Å².